The largest absolute Gasteiger partial charge is 0.346 e. The summed E-state index contributed by atoms with van der Waals surface area (Å²) in [5.41, 5.74) is 17.8. The quantitative estimate of drug-likeness (QED) is 0.177. The molecule has 1 heterocycles. The highest BCUT2D eigenvalue weighted by Gasteiger charge is 2.36. The maximum atomic E-state index is 2.58. The number of rotatable bonds is 6. The number of nitrogens with zero attached hydrogens (tertiary/aromatic N) is 2. The molecule has 8 rings (SSSR count). The topological polar surface area (TPSA) is 6.48 Å². The molecule has 0 saturated carbocycles. The van der Waals surface area contributed by atoms with Crippen molar-refractivity contribution < 1.29 is 0 Å². The van der Waals surface area contributed by atoms with Crippen LogP contribution in [-0.2, 0) is 0 Å². The second kappa shape index (κ2) is 11.3. The van der Waals surface area contributed by atoms with Crippen molar-refractivity contribution in [2.24, 2.45) is 0 Å². The van der Waals surface area contributed by atoms with Gasteiger partial charge < -0.3 is 9.80 Å². The molecule has 1 aliphatic heterocycles. The average Bonchev–Trinajstić information content (AvgIpc) is 3.46. The lowest BCUT2D eigenvalue weighted by Gasteiger charge is -2.42. The van der Waals surface area contributed by atoms with Gasteiger partial charge in [-0.2, -0.15) is 0 Å². The fraction of sp³-hybridized carbons (Fsp3) is 0.182. The Hall–Kier alpha value is -5.02. The zero-order valence-corrected chi connectivity index (χ0v) is 28.2. The van der Waals surface area contributed by atoms with Gasteiger partial charge >= 0.3 is 0 Å². The molecule has 0 bridgehead atoms. The molecule has 2 atom stereocenters. The van der Waals surface area contributed by atoms with Crippen LogP contribution in [0.25, 0.3) is 22.9 Å². The first-order chi connectivity index (χ1) is 22.8. The van der Waals surface area contributed by atoms with E-state index < -0.39 is 0 Å². The standard InChI is InChI=1S/C44H40BN2/c1-27-21-28(2)24-35(23-27)46(39-10-8-7-9-31(39)5)40-17-13-33-12-16-38-41(18-14-34-11-15-37(40)42(33)43(34)38)47(44-32(6)19-20-45-44)36-25-29(3)22-30(4)26-36/h7-26,38,41H,1-6H3. The van der Waals surface area contributed by atoms with Crippen molar-refractivity contribution >= 4 is 53.0 Å². The summed E-state index contributed by atoms with van der Waals surface area (Å²) in [6.45, 7) is 13.2. The van der Waals surface area contributed by atoms with E-state index >= 15 is 0 Å². The molecule has 2 unspecified atom stereocenters. The molecular weight excluding hydrogens is 567 g/mol. The third-order valence-electron chi connectivity index (χ3n) is 10.0. The molecule has 0 spiro atoms. The van der Waals surface area contributed by atoms with Gasteiger partial charge in [0, 0.05) is 28.4 Å². The third-order valence-corrected chi connectivity index (χ3v) is 10.0. The Bertz CT molecular complexity index is 2170. The normalized spacial score (nSPS) is 17.4. The molecule has 3 aliphatic rings. The highest BCUT2D eigenvalue weighted by Crippen LogP contribution is 2.49. The van der Waals surface area contributed by atoms with Crippen LogP contribution in [-0.4, -0.2) is 13.3 Å². The van der Waals surface area contributed by atoms with Crippen molar-refractivity contribution in [3.63, 3.8) is 0 Å². The molecule has 0 aromatic heterocycles. The van der Waals surface area contributed by atoms with E-state index in [2.05, 4.69) is 180 Å². The highest BCUT2D eigenvalue weighted by atomic mass is 15.2. The lowest BCUT2D eigenvalue weighted by Crippen LogP contribution is -2.40. The van der Waals surface area contributed by atoms with E-state index in [0.717, 1.165) is 0 Å². The number of hydrogen-bond acceptors (Lipinski definition) is 2. The van der Waals surface area contributed by atoms with Crippen LogP contribution in [0.5, 0.6) is 0 Å². The summed E-state index contributed by atoms with van der Waals surface area (Å²) < 4.78 is 0. The Kier molecular flexibility index (Phi) is 7.10. The molecule has 3 heteroatoms. The maximum absolute atomic E-state index is 2.58. The molecule has 0 saturated heterocycles. The van der Waals surface area contributed by atoms with Crippen LogP contribution in [0, 0.1) is 34.6 Å². The number of anilines is 4. The van der Waals surface area contributed by atoms with Gasteiger partial charge in [0.15, 0.2) is 0 Å². The van der Waals surface area contributed by atoms with Crippen molar-refractivity contribution in [2.75, 3.05) is 9.80 Å². The fourth-order valence-electron chi connectivity index (χ4n) is 8.13. The molecule has 0 amide bonds. The maximum Gasteiger partial charge on any atom is 0.204 e. The number of allylic oxidation sites excluding steroid dienone is 2. The molecule has 0 N–H and O–H groups in total. The molecule has 2 aliphatic carbocycles. The summed E-state index contributed by atoms with van der Waals surface area (Å²) in [5, 5.41) is 2.65. The Balaban J connectivity index is 1.34. The number of benzene rings is 5. The Morgan fingerprint density at radius 3 is 1.94 bits per heavy atom. The molecular formula is C44H40BN2. The van der Waals surface area contributed by atoms with Crippen LogP contribution in [0.3, 0.4) is 0 Å². The van der Waals surface area contributed by atoms with Gasteiger partial charge in [-0.3, -0.25) is 0 Å². The second-order valence-electron chi connectivity index (χ2n) is 13.7. The van der Waals surface area contributed by atoms with Gasteiger partial charge in [-0.1, -0.05) is 78.9 Å². The number of aryl methyl sites for hydroxylation is 5. The summed E-state index contributed by atoms with van der Waals surface area (Å²) in [7, 11) is 2.28. The predicted molar refractivity (Wildman–Crippen MR) is 203 cm³/mol. The predicted octanol–water partition coefficient (Wildman–Crippen LogP) is 11.3. The second-order valence-corrected chi connectivity index (χ2v) is 13.7. The monoisotopic (exact) mass is 607 g/mol. The summed E-state index contributed by atoms with van der Waals surface area (Å²) >= 11 is 0. The molecule has 229 valence electrons. The Morgan fingerprint density at radius 2 is 1.26 bits per heavy atom. The van der Waals surface area contributed by atoms with Gasteiger partial charge in [-0.15, -0.1) is 5.98 Å². The molecule has 0 fully saturated rings. The number of hydrogen-bond donors (Lipinski definition) is 0. The molecule has 2 nitrogen and oxygen atoms in total. The van der Waals surface area contributed by atoms with Gasteiger partial charge in [0.05, 0.1) is 11.7 Å². The van der Waals surface area contributed by atoms with Gasteiger partial charge in [-0.25, -0.2) is 0 Å². The van der Waals surface area contributed by atoms with Crippen molar-refractivity contribution in [3.05, 3.63) is 165 Å². The zero-order valence-electron chi connectivity index (χ0n) is 28.2. The van der Waals surface area contributed by atoms with E-state index in [1.165, 1.54) is 89.2 Å². The first kappa shape index (κ1) is 29.4. The van der Waals surface area contributed by atoms with E-state index in [9.17, 15) is 0 Å². The van der Waals surface area contributed by atoms with Crippen LogP contribution in [0.1, 0.15) is 57.3 Å². The van der Waals surface area contributed by atoms with E-state index in [-0.39, 0.29) is 12.0 Å². The van der Waals surface area contributed by atoms with Crippen LogP contribution >= 0.6 is 0 Å². The fourth-order valence-corrected chi connectivity index (χ4v) is 8.13. The summed E-state index contributed by atoms with van der Waals surface area (Å²) in [6, 6.07) is 32.1. The lowest BCUT2D eigenvalue weighted by atomic mass is 9.72. The third kappa shape index (κ3) is 4.97. The van der Waals surface area contributed by atoms with Crippen molar-refractivity contribution in [1.82, 2.24) is 0 Å². The van der Waals surface area contributed by atoms with Crippen LogP contribution < -0.4 is 9.80 Å². The van der Waals surface area contributed by atoms with E-state index in [0.29, 0.717) is 0 Å². The number of para-hydroxylation sites is 1. The highest BCUT2D eigenvalue weighted by molar-refractivity contribution is 6.53. The van der Waals surface area contributed by atoms with Gasteiger partial charge in [0.25, 0.3) is 0 Å². The minimum absolute atomic E-state index is 0.135. The van der Waals surface area contributed by atoms with Crippen LogP contribution in [0.15, 0.2) is 120 Å². The molecule has 5 aromatic rings. The summed E-state index contributed by atoms with van der Waals surface area (Å²) in [4.78, 5) is 5.05. The van der Waals surface area contributed by atoms with Crippen molar-refractivity contribution in [3.8, 4) is 0 Å². The lowest BCUT2D eigenvalue weighted by molar-refractivity contribution is 0.683. The van der Waals surface area contributed by atoms with Gasteiger partial charge in [0.2, 0.25) is 7.28 Å². The smallest absolute Gasteiger partial charge is 0.204 e. The van der Waals surface area contributed by atoms with Crippen LogP contribution in [0.4, 0.5) is 22.7 Å². The molecule has 1 radical (unpaired) electrons. The van der Waals surface area contributed by atoms with Crippen molar-refractivity contribution in [2.45, 2.75) is 53.5 Å². The van der Waals surface area contributed by atoms with Crippen LogP contribution in [0.2, 0.25) is 0 Å². The molecule has 5 aromatic carbocycles. The van der Waals surface area contributed by atoms with E-state index in [4.69, 9.17) is 0 Å². The SMILES string of the molecule is CC1=C(N(c2cc(C)cc(C)c2)C2C=Cc3ccc4c(N(c5cc(C)cc(C)c5)c5ccccc5C)ccc5c4c3C2C=C5)[B]C=C1. The first-order valence-electron chi connectivity index (χ1n) is 16.8. The van der Waals surface area contributed by atoms with E-state index in [1.54, 1.807) is 0 Å². The van der Waals surface area contributed by atoms with E-state index in [1.807, 2.05) is 0 Å². The molecule has 47 heavy (non-hydrogen) atoms. The van der Waals surface area contributed by atoms with Gasteiger partial charge in [-0.05, 0) is 139 Å². The first-order valence-corrected chi connectivity index (χ1v) is 16.8. The summed E-state index contributed by atoms with van der Waals surface area (Å²) in [6.07, 6.45) is 11.8. The minimum Gasteiger partial charge on any atom is -0.346 e. The Morgan fingerprint density at radius 1 is 0.596 bits per heavy atom. The average molecular weight is 608 g/mol. The summed E-state index contributed by atoms with van der Waals surface area (Å²) in [5.74, 6) is 2.38. The zero-order chi connectivity index (χ0) is 32.4. The van der Waals surface area contributed by atoms with Crippen molar-refractivity contribution in [1.29, 1.82) is 0 Å². The van der Waals surface area contributed by atoms with Gasteiger partial charge in [0.1, 0.15) is 0 Å². The Labute approximate surface area is 280 Å². The minimum atomic E-state index is 0.135.